The summed E-state index contributed by atoms with van der Waals surface area (Å²) in [6, 6.07) is 9.43. The lowest BCUT2D eigenvalue weighted by molar-refractivity contribution is -0.118. The number of aromatic amines is 1. The molecule has 1 fully saturated rings. The molecule has 0 aliphatic carbocycles. The van der Waals surface area contributed by atoms with Crippen LogP contribution < -0.4 is 10.6 Å². The third kappa shape index (κ3) is 4.61. The van der Waals surface area contributed by atoms with Gasteiger partial charge in [-0.05, 0) is 30.2 Å². The zero-order valence-electron chi connectivity index (χ0n) is 18.1. The number of benzene rings is 1. The number of nitrogens with zero attached hydrogens (tertiary/aromatic N) is 3. The van der Waals surface area contributed by atoms with E-state index in [0.717, 1.165) is 16.5 Å². The highest BCUT2D eigenvalue weighted by atomic mass is 32.2. The summed E-state index contributed by atoms with van der Waals surface area (Å²) in [7, 11) is -3.86. The number of fused-ring (bicyclic) bond motifs is 1. The summed E-state index contributed by atoms with van der Waals surface area (Å²) < 4.78 is 31.6. The van der Waals surface area contributed by atoms with E-state index in [0.29, 0.717) is 43.6 Å². The van der Waals surface area contributed by atoms with Crippen LogP contribution in [-0.2, 0) is 25.1 Å². The van der Waals surface area contributed by atoms with Gasteiger partial charge in [-0.2, -0.15) is 0 Å². The average molecular weight is 458 g/mol. The molecular formula is C22H27N5O4S. The van der Waals surface area contributed by atoms with Crippen molar-refractivity contribution in [3.8, 4) is 11.4 Å². The van der Waals surface area contributed by atoms with Gasteiger partial charge in [0.05, 0.1) is 24.7 Å². The molecule has 4 rings (SSSR count). The highest BCUT2D eigenvalue weighted by Crippen LogP contribution is 2.26. The van der Waals surface area contributed by atoms with Crippen LogP contribution in [0.2, 0.25) is 0 Å². The van der Waals surface area contributed by atoms with Crippen LogP contribution in [0.1, 0.15) is 19.5 Å². The van der Waals surface area contributed by atoms with Crippen molar-refractivity contribution >= 4 is 32.5 Å². The van der Waals surface area contributed by atoms with E-state index >= 15 is 0 Å². The van der Waals surface area contributed by atoms with Gasteiger partial charge < -0.3 is 20.4 Å². The number of anilines is 1. The number of rotatable bonds is 7. The van der Waals surface area contributed by atoms with Gasteiger partial charge in [0.1, 0.15) is 11.1 Å². The molecule has 170 valence electrons. The Labute approximate surface area is 186 Å². The fourth-order valence-corrected chi connectivity index (χ4v) is 5.97. The number of carbonyl (C=O) groups is 1. The van der Waals surface area contributed by atoms with Gasteiger partial charge in [0.2, 0.25) is 5.91 Å². The molecule has 3 aromatic rings. The van der Waals surface area contributed by atoms with Crippen LogP contribution in [0.4, 0.5) is 5.82 Å². The first-order chi connectivity index (χ1) is 15.2. The first-order valence-corrected chi connectivity index (χ1v) is 12.3. The number of sulfone groups is 1. The zero-order chi connectivity index (χ0) is 22.9. The van der Waals surface area contributed by atoms with Gasteiger partial charge in [0.25, 0.3) is 0 Å². The number of hydrogen-bond donors (Lipinski definition) is 2. The summed E-state index contributed by atoms with van der Waals surface area (Å²) in [6.07, 6.45) is 1.85. The number of carbonyl (C=O) groups excluding carboxylic acids is 1. The normalized spacial score (nSPS) is 15.9. The third-order valence-electron chi connectivity index (χ3n) is 5.53. The summed E-state index contributed by atoms with van der Waals surface area (Å²) in [5, 5.41) is -0.269. The third-order valence-corrected chi connectivity index (χ3v) is 7.78. The van der Waals surface area contributed by atoms with Gasteiger partial charge in [-0.25, -0.2) is 18.4 Å². The van der Waals surface area contributed by atoms with E-state index in [1.807, 2.05) is 35.4 Å². The fraction of sp³-hybridized carbons (Fsp3) is 0.409. The monoisotopic (exact) mass is 457 g/mol. The Morgan fingerprint density at radius 1 is 1.19 bits per heavy atom. The predicted octanol–water partition coefficient (Wildman–Crippen LogP) is 1.89. The lowest BCUT2D eigenvalue weighted by atomic mass is 10.1. The van der Waals surface area contributed by atoms with Crippen molar-refractivity contribution < 1.29 is 17.9 Å². The van der Waals surface area contributed by atoms with Gasteiger partial charge in [0, 0.05) is 41.8 Å². The van der Waals surface area contributed by atoms with Crippen LogP contribution in [0, 0.1) is 5.92 Å². The molecule has 3 N–H and O–H groups in total. The maximum Gasteiger partial charge on any atom is 0.236 e. The number of hydrogen-bond acceptors (Lipinski definition) is 7. The summed E-state index contributed by atoms with van der Waals surface area (Å²) in [5.41, 5.74) is 7.51. The molecule has 1 aliphatic heterocycles. The standard InChI is InChI=1S/C22H27N5O4S/c1-14(2)20(21(23)28)32(29,30)13-17-12-19(27-7-9-31-10-8-27)26-22(25-17)16-3-4-18-15(11-16)5-6-24-18/h3-6,11-12,14,20,24H,7-10,13H2,1-2H3,(H2,23,28). The van der Waals surface area contributed by atoms with Crippen LogP contribution in [0.15, 0.2) is 36.5 Å². The number of aromatic nitrogens is 3. The van der Waals surface area contributed by atoms with Gasteiger partial charge >= 0.3 is 0 Å². The summed E-state index contributed by atoms with van der Waals surface area (Å²) in [5.74, 6) is -0.604. The first-order valence-electron chi connectivity index (χ1n) is 10.5. The Morgan fingerprint density at radius 3 is 2.62 bits per heavy atom. The van der Waals surface area contributed by atoms with Crippen molar-refractivity contribution in [1.82, 2.24) is 15.0 Å². The van der Waals surface area contributed by atoms with Crippen molar-refractivity contribution in [2.24, 2.45) is 11.7 Å². The molecule has 0 spiro atoms. The molecule has 1 atom stereocenters. The Bertz CT molecular complexity index is 1230. The SMILES string of the molecule is CC(C)C(C(N)=O)S(=O)(=O)Cc1cc(N2CCOCC2)nc(-c2ccc3[nH]ccc3c2)n1. The number of H-pyrrole nitrogens is 1. The van der Waals surface area contributed by atoms with E-state index < -0.39 is 32.7 Å². The molecule has 1 aliphatic rings. The highest BCUT2D eigenvalue weighted by molar-refractivity contribution is 7.92. The lowest BCUT2D eigenvalue weighted by Crippen LogP contribution is -2.40. The zero-order valence-corrected chi connectivity index (χ0v) is 18.9. The largest absolute Gasteiger partial charge is 0.378 e. The minimum absolute atomic E-state index is 0.331. The number of nitrogens with two attached hydrogens (primary N) is 1. The lowest BCUT2D eigenvalue weighted by Gasteiger charge is -2.28. The molecule has 0 bridgehead atoms. The molecule has 1 amide bonds. The maximum atomic E-state index is 13.1. The molecule has 32 heavy (non-hydrogen) atoms. The van der Waals surface area contributed by atoms with E-state index in [4.69, 9.17) is 15.5 Å². The average Bonchev–Trinajstić information content (AvgIpc) is 3.20. The Morgan fingerprint density at radius 2 is 1.94 bits per heavy atom. The Hall–Kier alpha value is -2.98. The minimum Gasteiger partial charge on any atom is -0.378 e. The van der Waals surface area contributed by atoms with Crippen molar-refractivity contribution in [3.63, 3.8) is 0 Å². The number of ether oxygens (including phenoxy) is 1. The smallest absolute Gasteiger partial charge is 0.236 e. The number of morpholine rings is 1. The molecule has 1 saturated heterocycles. The van der Waals surface area contributed by atoms with E-state index in [9.17, 15) is 13.2 Å². The van der Waals surface area contributed by atoms with Crippen LogP contribution in [0.5, 0.6) is 0 Å². The van der Waals surface area contributed by atoms with Crippen molar-refractivity contribution in [1.29, 1.82) is 0 Å². The van der Waals surface area contributed by atoms with E-state index in [1.54, 1.807) is 19.9 Å². The number of amides is 1. The molecule has 10 heteroatoms. The first kappa shape index (κ1) is 22.2. The second kappa shape index (κ2) is 8.87. The molecule has 3 heterocycles. The quantitative estimate of drug-likeness (QED) is 0.554. The fourth-order valence-electron chi connectivity index (χ4n) is 4.05. The second-order valence-corrected chi connectivity index (χ2v) is 10.4. The van der Waals surface area contributed by atoms with E-state index in [2.05, 4.69) is 9.97 Å². The van der Waals surface area contributed by atoms with Gasteiger partial charge in [-0.3, -0.25) is 4.79 Å². The van der Waals surface area contributed by atoms with Crippen LogP contribution in [0.3, 0.4) is 0 Å². The van der Waals surface area contributed by atoms with Crippen LogP contribution >= 0.6 is 0 Å². The molecule has 1 unspecified atom stereocenters. The van der Waals surface area contributed by atoms with Gasteiger partial charge in [-0.15, -0.1) is 0 Å². The summed E-state index contributed by atoms with van der Waals surface area (Å²) in [4.78, 5) is 26.4. The Balaban J connectivity index is 1.77. The summed E-state index contributed by atoms with van der Waals surface area (Å²) in [6.45, 7) is 5.77. The van der Waals surface area contributed by atoms with E-state index in [1.165, 1.54) is 0 Å². The minimum atomic E-state index is -3.86. The molecule has 1 aromatic carbocycles. The van der Waals surface area contributed by atoms with Gasteiger partial charge in [0.15, 0.2) is 15.7 Å². The van der Waals surface area contributed by atoms with E-state index in [-0.39, 0.29) is 0 Å². The highest BCUT2D eigenvalue weighted by Gasteiger charge is 2.34. The van der Waals surface area contributed by atoms with Crippen LogP contribution in [0.25, 0.3) is 22.3 Å². The molecule has 2 aromatic heterocycles. The van der Waals surface area contributed by atoms with Crippen molar-refractivity contribution in [3.05, 3.63) is 42.2 Å². The number of nitrogens with one attached hydrogen (secondary N) is 1. The molecule has 9 nitrogen and oxygen atoms in total. The molecular weight excluding hydrogens is 430 g/mol. The topological polar surface area (TPSA) is 131 Å². The summed E-state index contributed by atoms with van der Waals surface area (Å²) >= 11 is 0. The molecule has 0 saturated carbocycles. The van der Waals surface area contributed by atoms with Gasteiger partial charge in [-0.1, -0.05) is 13.8 Å². The molecule has 0 radical (unpaired) electrons. The second-order valence-electron chi connectivity index (χ2n) is 8.29. The van der Waals surface area contributed by atoms with Crippen molar-refractivity contribution in [2.75, 3.05) is 31.2 Å². The number of primary amides is 1. The van der Waals surface area contributed by atoms with Crippen molar-refractivity contribution in [2.45, 2.75) is 24.9 Å². The Kier molecular flexibility index (Phi) is 6.16. The maximum absolute atomic E-state index is 13.1. The van der Waals surface area contributed by atoms with Crippen LogP contribution in [-0.4, -0.2) is 60.8 Å². The predicted molar refractivity (Wildman–Crippen MR) is 123 cm³/mol.